The fraction of sp³-hybridized carbons (Fsp3) is 0.333. The molecule has 0 aromatic carbocycles. The van der Waals surface area contributed by atoms with Crippen LogP contribution in [-0.4, -0.2) is 27.7 Å². The Labute approximate surface area is 77.2 Å². The first-order chi connectivity index (χ1) is 4.83. The average molecular weight is 201 g/mol. The van der Waals surface area contributed by atoms with E-state index in [0.717, 1.165) is 0 Å². The first kappa shape index (κ1) is 32.9. The molecule has 0 N–H and O–H groups in total. The Morgan fingerprint density at radius 3 is 0.909 bits per heavy atom. The third-order valence-electron chi connectivity index (χ3n) is 0. The van der Waals surface area contributed by atoms with Crippen LogP contribution >= 0.6 is 0 Å². The summed E-state index contributed by atoms with van der Waals surface area (Å²) in [7, 11) is 2.83. The fourth-order valence-electron chi connectivity index (χ4n) is 0. The quantitative estimate of drug-likeness (QED) is 0.427. The van der Waals surface area contributed by atoms with Gasteiger partial charge in [-0.3, -0.25) is 0 Å². The molecule has 0 bridgehead atoms. The number of carbonyl (C=O) groups excluding carboxylic acids is 2. The van der Waals surface area contributed by atoms with Gasteiger partial charge in [0.15, 0.2) is 0 Å². The zero-order valence-corrected chi connectivity index (χ0v) is 7.43. The van der Waals surface area contributed by atoms with E-state index in [0.29, 0.717) is 0 Å². The first-order valence-corrected chi connectivity index (χ1v) is 1.92. The van der Waals surface area contributed by atoms with Gasteiger partial charge in [-0.2, -0.15) is 0 Å². The van der Waals surface area contributed by atoms with Gasteiger partial charge < -0.3 is 19.3 Å². The number of hydrogen-bond donors (Lipinski definition) is 0. The molecule has 0 aliphatic heterocycles. The van der Waals surface area contributed by atoms with E-state index in [4.69, 9.17) is 22.7 Å². The molecule has 4 nitrogen and oxygen atoms in total. The van der Waals surface area contributed by atoms with Crippen LogP contribution in [0, 0.1) is 13.1 Å². The summed E-state index contributed by atoms with van der Waals surface area (Å²) in [5.74, 6) is 0. The Balaban J connectivity index is -0.0000000144. The second-order valence-electron chi connectivity index (χ2n) is 0.447. The van der Waals surface area contributed by atoms with Gasteiger partial charge in [0.25, 0.3) is 0 Å². The van der Waals surface area contributed by atoms with E-state index in [-0.39, 0.29) is 16.5 Å². The van der Waals surface area contributed by atoms with Crippen LogP contribution in [0.3, 0.4) is 0 Å². The maximum Gasteiger partial charge on any atom is 0.205 e. The maximum absolute atomic E-state index is 8.00. The molecule has 0 spiro atoms. The van der Waals surface area contributed by atoms with Crippen molar-refractivity contribution in [1.29, 1.82) is 0 Å². The summed E-state index contributed by atoms with van der Waals surface area (Å²) in [6.07, 6.45) is 0. The molecule has 0 rings (SSSR count). The van der Waals surface area contributed by atoms with Crippen molar-refractivity contribution >= 4 is 13.6 Å². The summed E-state index contributed by atoms with van der Waals surface area (Å²) < 4.78 is 0. The van der Waals surface area contributed by atoms with E-state index in [1.54, 1.807) is 0 Å². The van der Waals surface area contributed by atoms with E-state index in [2.05, 4.69) is 9.69 Å². The molecule has 0 atom stereocenters. The molecule has 0 saturated heterocycles. The minimum absolute atomic E-state index is 0. The minimum atomic E-state index is 0. The Morgan fingerprint density at radius 2 is 0.909 bits per heavy atom. The van der Waals surface area contributed by atoms with E-state index in [1.807, 2.05) is 13.6 Å². The predicted molar refractivity (Wildman–Crippen MR) is 39.3 cm³/mol. The molecule has 0 aliphatic carbocycles. The van der Waals surface area contributed by atoms with Crippen LogP contribution < -0.4 is 0 Å². The number of carbonyl (C=O) groups is 2. The fourth-order valence-corrected chi connectivity index (χ4v) is 0. The summed E-state index contributed by atoms with van der Waals surface area (Å²) in [6.45, 7) is 15.7. The van der Waals surface area contributed by atoms with Crippen LogP contribution in [0.1, 0.15) is 0 Å². The molecule has 0 heterocycles. The standard InChI is InChI=1S/2C2H3N.2CH2O.Ni/c2*1-3-2;2*1-2;/h2*1H3;2*1H2;. The van der Waals surface area contributed by atoms with Crippen molar-refractivity contribution in [2.24, 2.45) is 0 Å². The van der Waals surface area contributed by atoms with Crippen molar-refractivity contribution in [1.82, 2.24) is 0 Å². The van der Waals surface area contributed by atoms with E-state index >= 15 is 0 Å². The summed E-state index contributed by atoms with van der Waals surface area (Å²) >= 11 is 0. The van der Waals surface area contributed by atoms with Gasteiger partial charge in [0.2, 0.25) is 14.1 Å². The van der Waals surface area contributed by atoms with Crippen LogP contribution in [0.5, 0.6) is 0 Å². The summed E-state index contributed by atoms with van der Waals surface area (Å²) in [5, 5.41) is 0. The molecular formula is C6H10N2NiO2. The smallest absolute Gasteiger partial charge is 0.205 e. The van der Waals surface area contributed by atoms with Gasteiger partial charge in [0.1, 0.15) is 13.6 Å². The Bertz CT molecular complexity index is 92.1. The van der Waals surface area contributed by atoms with Crippen molar-refractivity contribution in [2.75, 3.05) is 14.1 Å². The topological polar surface area (TPSA) is 42.9 Å². The zero-order valence-electron chi connectivity index (χ0n) is 6.44. The van der Waals surface area contributed by atoms with Gasteiger partial charge in [-0.1, -0.05) is 0 Å². The second-order valence-corrected chi connectivity index (χ2v) is 0.447. The normalized spacial score (nSPS) is 2.18. The van der Waals surface area contributed by atoms with Crippen LogP contribution in [0.25, 0.3) is 9.69 Å². The van der Waals surface area contributed by atoms with E-state index in [1.165, 1.54) is 14.1 Å². The summed E-state index contributed by atoms with van der Waals surface area (Å²) in [4.78, 5) is 21.5. The molecule has 0 radical (unpaired) electrons. The van der Waals surface area contributed by atoms with Crippen LogP contribution in [0.15, 0.2) is 0 Å². The van der Waals surface area contributed by atoms with Crippen LogP contribution in [-0.2, 0) is 26.1 Å². The molecule has 0 amide bonds. The molecule has 66 valence electrons. The van der Waals surface area contributed by atoms with Crippen molar-refractivity contribution in [3.63, 3.8) is 0 Å². The third-order valence-corrected chi connectivity index (χ3v) is 0. The molecule has 0 aromatic heterocycles. The molecule has 11 heavy (non-hydrogen) atoms. The Kier molecular flexibility index (Phi) is 2430. The van der Waals surface area contributed by atoms with Gasteiger partial charge in [-0.05, 0) is 0 Å². The summed E-state index contributed by atoms with van der Waals surface area (Å²) in [6, 6.07) is 0. The zero-order chi connectivity index (χ0) is 9.41. The molecule has 0 saturated carbocycles. The number of hydrogen-bond acceptors (Lipinski definition) is 2. The van der Waals surface area contributed by atoms with Gasteiger partial charge in [0, 0.05) is 16.5 Å². The van der Waals surface area contributed by atoms with Crippen molar-refractivity contribution in [3.05, 3.63) is 22.8 Å². The molecule has 0 aromatic rings. The van der Waals surface area contributed by atoms with Gasteiger partial charge in [-0.25, -0.2) is 13.1 Å². The third kappa shape index (κ3) is 291. The van der Waals surface area contributed by atoms with E-state index < -0.39 is 0 Å². The number of rotatable bonds is 0. The second kappa shape index (κ2) is 813. The SMILES string of the molecule is C=O.C=O.[C-]#[N+]C.[C-]#[N+]C.[Ni]. The van der Waals surface area contributed by atoms with E-state index in [9.17, 15) is 0 Å². The van der Waals surface area contributed by atoms with Gasteiger partial charge in [-0.15, -0.1) is 0 Å². The van der Waals surface area contributed by atoms with Crippen molar-refractivity contribution in [3.8, 4) is 0 Å². The van der Waals surface area contributed by atoms with Gasteiger partial charge in [0.05, 0.1) is 0 Å². The van der Waals surface area contributed by atoms with Crippen LogP contribution in [0.2, 0.25) is 0 Å². The first-order valence-electron chi connectivity index (χ1n) is 1.92. The van der Waals surface area contributed by atoms with Gasteiger partial charge >= 0.3 is 0 Å². The van der Waals surface area contributed by atoms with Crippen molar-refractivity contribution in [2.45, 2.75) is 0 Å². The Morgan fingerprint density at radius 1 is 0.909 bits per heavy atom. The molecule has 0 unspecified atom stereocenters. The minimum Gasteiger partial charge on any atom is -0.320 e. The monoisotopic (exact) mass is 200 g/mol. The molecule has 0 fully saturated rings. The maximum atomic E-state index is 8.00. The van der Waals surface area contributed by atoms with Crippen molar-refractivity contribution < 1.29 is 26.1 Å². The summed E-state index contributed by atoms with van der Waals surface area (Å²) in [5.41, 5.74) is 0. The molecule has 0 aliphatic rings. The van der Waals surface area contributed by atoms with Crippen LogP contribution in [0.4, 0.5) is 0 Å². The average Bonchev–Trinajstić information content (AvgIpc) is 1.99. The predicted octanol–water partition coefficient (Wildman–Crippen LogP) is 0.699. The Hall–Kier alpha value is -1.19. The number of nitrogens with zero attached hydrogens (tertiary/aromatic N) is 2. The largest absolute Gasteiger partial charge is 0.320 e. The molecule has 5 heteroatoms. The molecular weight excluding hydrogens is 191 g/mol.